The van der Waals surface area contributed by atoms with Gasteiger partial charge in [0, 0.05) is 12.0 Å². The van der Waals surface area contributed by atoms with Gasteiger partial charge in [-0.25, -0.2) is 9.97 Å². The Morgan fingerprint density at radius 3 is 2.78 bits per heavy atom. The molecule has 4 nitrogen and oxygen atoms in total. The van der Waals surface area contributed by atoms with Crippen molar-refractivity contribution in [3.8, 4) is 11.8 Å². The Balaban J connectivity index is 1.74. The maximum absolute atomic E-state index is 4.48. The van der Waals surface area contributed by atoms with Crippen LogP contribution in [0.2, 0.25) is 0 Å². The number of hydrogen-bond donors (Lipinski definition) is 2. The van der Waals surface area contributed by atoms with Gasteiger partial charge in [-0.05, 0) is 47.9 Å². The van der Waals surface area contributed by atoms with E-state index in [1.165, 1.54) is 5.39 Å². The van der Waals surface area contributed by atoms with Gasteiger partial charge in [0.25, 0.3) is 0 Å². The van der Waals surface area contributed by atoms with Gasteiger partial charge in [-0.1, -0.05) is 18.9 Å². The summed E-state index contributed by atoms with van der Waals surface area (Å²) in [6.07, 6.45) is 2.67. The predicted molar refractivity (Wildman–Crippen MR) is 92.3 cm³/mol. The van der Waals surface area contributed by atoms with E-state index >= 15 is 0 Å². The Hall–Kier alpha value is -3.06. The van der Waals surface area contributed by atoms with E-state index in [1.54, 1.807) is 6.20 Å². The van der Waals surface area contributed by atoms with Crippen molar-refractivity contribution in [2.75, 3.05) is 0 Å². The summed E-state index contributed by atoms with van der Waals surface area (Å²) in [5.41, 5.74) is 3.89. The molecule has 0 fully saturated rings. The second-order valence-electron chi connectivity index (χ2n) is 5.60. The molecule has 2 aromatic heterocycles. The third-order valence-electron chi connectivity index (χ3n) is 3.86. The first-order valence-electron chi connectivity index (χ1n) is 7.67. The number of aryl methyl sites for hydroxylation is 2. The standard InChI is InChI=1S/C19H16N4/c1-3-19-20-11-16(23-19)7-5-13-4-6-14-9-17-18(10-15(14)8-13)22-12(2)21-17/h4,6,8-11H,3H2,1-2H3,(H,20,23)(H,21,22). The van der Waals surface area contributed by atoms with Crippen LogP contribution in [-0.4, -0.2) is 19.9 Å². The summed E-state index contributed by atoms with van der Waals surface area (Å²) in [5.74, 6) is 8.22. The van der Waals surface area contributed by atoms with Crippen molar-refractivity contribution < 1.29 is 0 Å². The van der Waals surface area contributed by atoms with Crippen LogP contribution in [0.25, 0.3) is 21.8 Å². The van der Waals surface area contributed by atoms with Crippen LogP contribution in [0.1, 0.15) is 29.8 Å². The minimum atomic E-state index is 0.849. The number of hydrogen-bond acceptors (Lipinski definition) is 2. The van der Waals surface area contributed by atoms with Crippen molar-refractivity contribution >= 4 is 21.8 Å². The lowest BCUT2D eigenvalue weighted by molar-refractivity contribution is 0.987. The van der Waals surface area contributed by atoms with Crippen LogP contribution in [0.5, 0.6) is 0 Å². The molecule has 23 heavy (non-hydrogen) atoms. The quantitative estimate of drug-likeness (QED) is 0.526. The van der Waals surface area contributed by atoms with Crippen LogP contribution in [0.15, 0.2) is 36.5 Å². The van der Waals surface area contributed by atoms with Crippen LogP contribution in [0, 0.1) is 18.8 Å². The van der Waals surface area contributed by atoms with E-state index in [4.69, 9.17) is 0 Å². The SMILES string of the molecule is CCc1ncc(C#Cc2ccc3cc4nc(C)[nH]c4cc3c2)[nH]1. The van der Waals surface area contributed by atoms with Gasteiger partial charge in [-0.15, -0.1) is 0 Å². The average molecular weight is 300 g/mol. The summed E-state index contributed by atoms with van der Waals surface area (Å²) in [4.78, 5) is 15.2. The highest BCUT2D eigenvalue weighted by Crippen LogP contribution is 2.22. The number of nitrogens with one attached hydrogen (secondary N) is 2. The molecule has 0 radical (unpaired) electrons. The van der Waals surface area contributed by atoms with Gasteiger partial charge in [0.1, 0.15) is 17.3 Å². The molecule has 112 valence electrons. The fourth-order valence-electron chi connectivity index (χ4n) is 2.70. The Morgan fingerprint density at radius 2 is 1.96 bits per heavy atom. The first-order chi connectivity index (χ1) is 11.2. The molecule has 4 heteroatoms. The van der Waals surface area contributed by atoms with E-state index in [1.807, 2.05) is 13.0 Å². The highest BCUT2D eigenvalue weighted by atomic mass is 14.9. The minimum absolute atomic E-state index is 0.849. The monoisotopic (exact) mass is 300 g/mol. The highest BCUT2D eigenvalue weighted by molar-refractivity contribution is 5.95. The number of benzene rings is 2. The maximum atomic E-state index is 4.48. The zero-order valence-corrected chi connectivity index (χ0v) is 13.1. The Morgan fingerprint density at radius 1 is 1.04 bits per heavy atom. The van der Waals surface area contributed by atoms with Crippen molar-refractivity contribution in [3.05, 3.63) is 59.4 Å². The van der Waals surface area contributed by atoms with Crippen molar-refractivity contribution in [2.45, 2.75) is 20.3 Å². The highest BCUT2D eigenvalue weighted by Gasteiger charge is 2.02. The van der Waals surface area contributed by atoms with E-state index in [0.29, 0.717) is 0 Å². The molecule has 0 amide bonds. The molecule has 0 aliphatic heterocycles. The largest absolute Gasteiger partial charge is 0.342 e. The number of imidazole rings is 2. The molecule has 2 heterocycles. The third kappa shape index (κ3) is 2.58. The fraction of sp³-hybridized carbons (Fsp3) is 0.158. The minimum Gasteiger partial charge on any atom is -0.342 e. The number of fused-ring (bicyclic) bond motifs is 2. The number of nitrogens with zero attached hydrogens (tertiary/aromatic N) is 2. The van der Waals surface area contributed by atoms with Gasteiger partial charge in [-0.3, -0.25) is 0 Å². The van der Waals surface area contributed by atoms with E-state index in [2.05, 4.69) is 63.0 Å². The van der Waals surface area contributed by atoms with Crippen LogP contribution < -0.4 is 0 Å². The number of H-pyrrole nitrogens is 2. The van der Waals surface area contributed by atoms with E-state index < -0.39 is 0 Å². The maximum Gasteiger partial charge on any atom is 0.110 e. The van der Waals surface area contributed by atoms with Crippen LogP contribution in [0.3, 0.4) is 0 Å². The summed E-state index contributed by atoms with van der Waals surface area (Å²) >= 11 is 0. The molecule has 0 atom stereocenters. The lowest BCUT2D eigenvalue weighted by Crippen LogP contribution is -1.82. The molecule has 0 spiro atoms. The van der Waals surface area contributed by atoms with Crippen LogP contribution in [-0.2, 0) is 6.42 Å². The fourth-order valence-corrected chi connectivity index (χ4v) is 2.70. The summed E-state index contributed by atoms with van der Waals surface area (Å²) in [5, 5.41) is 2.33. The lowest BCUT2D eigenvalue weighted by atomic mass is 10.1. The number of rotatable bonds is 1. The first kappa shape index (κ1) is 13.6. The molecule has 0 bridgehead atoms. The first-order valence-corrected chi connectivity index (χ1v) is 7.67. The van der Waals surface area contributed by atoms with Gasteiger partial charge in [0.05, 0.1) is 17.2 Å². The van der Waals surface area contributed by atoms with E-state index in [9.17, 15) is 0 Å². The molecule has 4 rings (SSSR count). The van der Waals surface area contributed by atoms with Crippen molar-refractivity contribution in [1.82, 2.24) is 19.9 Å². The van der Waals surface area contributed by atoms with Gasteiger partial charge >= 0.3 is 0 Å². The molecule has 0 unspecified atom stereocenters. The van der Waals surface area contributed by atoms with E-state index in [0.717, 1.165) is 45.7 Å². The molecule has 2 aromatic carbocycles. The summed E-state index contributed by atoms with van der Waals surface area (Å²) in [7, 11) is 0. The molecule has 0 aliphatic carbocycles. The van der Waals surface area contributed by atoms with Gasteiger partial charge < -0.3 is 9.97 Å². The van der Waals surface area contributed by atoms with Gasteiger partial charge in [0.2, 0.25) is 0 Å². The molecule has 0 aliphatic rings. The Kier molecular flexibility index (Phi) is 3.13. The molecular formula is C19H16N4. The number of aromatic amines is 2. The number of aromatic nitrogens is 4. The zero-order valence-electron chi connectivity index (χ0n) is 13.1. The smallest absolute Gasteiger partial charge is 0.110 e. The van der Waals surface area contributed by atoms with Crippen molar-refractivity contribution in [2.24, 2.45) is 0 Å². The molecule has 0 saturated carbocycles. The van der Waals surface area contributed by atoms with Crippen molar-refractivity contribution in [1.29, 1.82) is 0 Å². The van der Waals surface area contributed by atoms with Gasteiger partial charge in [-0.2, -0.15) is 0 Å². The predicted octanol–water partition coefficient (Wildman–Crippen LogP) is 3.71. The molecule has 4 aromatic rings. The second kappa shape index (κ2) is 5.29. The average Bonchev–Trinajstić information content (AvgIpc) is 3.15. The second-order valence-corrected chi connectivity index (χ2v) is 5.60. The molecule has 2 N–H and O–H groups in total. The van der Waals surface area contributed by atoms with E-state index in [-0.39, 0.29) is 0 Å². The van der Waals surface area contributed by atoms with Crippen LogP contribution >= 0.6 is 0 Å². The van der Waals surface area contributed by atoms with Gasteiger partial charge in [0.15, 0.2) is 0 Å². The summed E-state index contributed by atoms with van der Waals surface area (Å²) in [6, 6.07) is 10.5. The Labute approximate surface area is 134 Å². The zero-order chi connectivity index (χ0) is 15.8. The molecule has 0 saturated heterocycles. The van der Waals surface area contributed by atoms with Crippen molar-refractivity contribution in [3.63, 3.8) is 0 Å². The molecular weight excluding hydrogens is 284 g/mol. The summed E-state index contributed by atoms with van der Waals surface area (Å²) in [6.45, 7) is 4.04. The third-order valence-corrected chi connectivity index (χ3v) is 3.86. The lowest BCUT2D eigenvalue weighted by Gasteiger charge is -1.99. The normalized spacial score (nSPS) is 10.9. The Bertz CT molecular complexity index is 1070. The summed E-state index contributed by atoms with van der Waals surface area (Å²) < 4.78 is 0. The topological polar surface area (TPSA) is 57.4 Å². The van der Waals surface area contributed by atoms with Crippen LogP contribution in [0.4, 0.5) is 0 Å².